The van der Waals surface area contributed by atoms with Crippen LogP contribution in [-0.2, 0) is 98.1 Å². The zero-order valence-electron chi connectivity index (χ0n) is 40.7. The van der Waals surface area contributed by atoms with Crippen LogP contribution in [0.15, 0.2) is 128 Å². The van der Waals surface area contributed by atoms with Crippen molar-refractivity contribution in [1.82, 2.24) is 0 Å². The van der Waals surface area contributed by atoms with Crippen molar-refractivity contribution in [2.24, 2.45) is 0 Å². The van der Waals surface area contributed by atoms with Gasteiger partial charge in [0.05, 0.1) is 0 Å². The van der Waals surface area contributed by atoms with Crippen LogP contribution in [0.1, 0.15) is 196 Å². The molecule has 0 aromatic heterocycles. The van der Waals surface area contributed by atoms with Gasteiger partial charge in [-0.05, 0) is 57.8 Å². The van der Waals surface area contributed by atoms with Crippen LogP contribution in [0.3, 0.4) is 0 Å². The number of hydrogen-bond acceptors (Lipinski definition) is 0. The monoisotopic (exact) mass is 1050 g/mol. The smallest absolute Gasteiger partial charge is 0 e. The van der Waals surface area contributed by atoms with Crippen molar-refractivity contribution >= 4 is 0 Å². The Morgan fingerprint density at radius 3 is 0.817 bits per heavy atom. The van der Waals surface area contributed by atoms with Crippen molar-refractivity contribution < 1.29 is 98.1 Å². The summed E-state index contributed by atoms with van der Waals surface area (Å²) in [6, 6.07) is 0. The van der Waals surface area contributed by atoms with Crippen molar-refractivity contribution in [2.75, 3.05) is 0 Å². The van der Waals surface area contributed by atoms with E-state index in [1.54, 1.807) is 18.2 Å². The fourth-order valence-corrected chi connectivity index (χ4v) is 3.93. The molecule has 0 aromatic carbocycles. The molecule has 0 saturated carbocycles. The Kier molecular flexibility index (Phi) is 131. The van der Waals surface area contributed by atoms with Crippen molar-refractivity contribution in [3.05, 3.63) is 168 Å². The van der Waals surface area contributed by atoms with Crippen LogP contribution in [0.4, 0.5) is 0 Å². The van der Waals surface area contributed by atoms with Gasteiger partial charge in [-0.2, -0.15) is 31.1 Å². The molecule has 0 aliphatic carbocycles. The maximum Gasteiger partial charge on any atom is 0 e. The van der Waals surface area contributed by atoms with E-state index in [4.69, 9.17) is 19.7 Å². The van der Waals surface area contributed by atoms with Gasteiger partial charge in [-0.1, -0.05) is 179 Å². The zero-order chi connectivity index (χ0) is 43.8. The van der Waals surface area contributed by atoms with Gasteiger partial charge in [0.1, 0.15) is 0 Å². The van der Waals surface area contributed by atoms with Gasteiger partial charge < -0.3 is 13.8 Å². The Morgan fingerprint density at radius 2 is 0.583 bits per heavy atom. The second-order valence-electron chi connectivity index (χ2n) is 13.2. The molecular weight excluding hydrogens is 951 g/mol. The maximum atomic E-state index is 5.20. The van der Waals surface area contributed by atoms with Gasteiger partial charge in [-0.15, -0.1) is 6.42 Å². The SMILES string of the molecule is [CH-]=C/C=C\C/C=C\C/C=C\CCCC.[CH-]=C/C=C\C/C=C\C/C=C\CCCCC.[CH-]=C/C=C\C/C=C\CCCC.[CH2-]/C=C\CCCCC.[CH2-]CCC.[CH2-]CCCC.[Y].[Y].[Y]. The van der Waals surface area contributed by atoms with Crippen molar-refractivity contribution in [3.8, 4) is 0 Å². The topological polar surface area (TPSA) is 0 Å². The van der Waals surface area contributed by atoms with Gasteiger partial charge >= 0.3 is 0 Å². The van der Waals surface area contributed by atoms with E-state index in [1.165, 1.54) is 109 Å². The molecule has 0 N–H and O–H groups in total. The Morgan fingerprint density at radius 1 is 0.317 bits per heavy atom. The molecule has 0 aromatic rings. The third-order valence-corrected chi connectivity index (χ3v) is 7.46. The predicted octanol–water partition coefficient (Wildman–Crippen LogP) is 19.9. The maximum absolute atomic E-state index is 5.20. The van der Waals surface area contributed by atoms with Crippen molar-refractivity contribution in [3.63, 3.8) is 0 Å². The van der Waals surface area contributed by atoms with Crippen LogP contribution in [0.5, 0.6) is 0 Å². The molecule has 0 unspecified atom stereocenters. The van der Waals surface area contributed by atoms with E-state index >= 15 is 0 Å². The summed E-state index contributed by atoms with van der Waals surface area (Å²) >= 11 is 0. The predicted molar refractivity (Wildman–Crippen MR) is 270 cm³/mol. The minimum Gasteiger partial charge on any atom is -0.343 e. The van der Waals surface area contributed by atoms with E-state index in [2.05, 4.69) is 129 Å². The minimum absolute atomic E-state index is 0. The molecular formula is C57H96Y3-6. The van der Waals surface area contributed by atoms with Crippen molar-refractivity contribution in [1.29, 1.82) is 0 Å². The molecule has 0 saturated heterocycles. The zero-order valence-corrected chi connectivity index (χ0v) is 49.2. The van der Waals surface area contributed by atoms with Crippen LogP contribution >= 0.6 is 0 Å². The molecule has 0 rings (SSSR count). The molecule has 3 heteroatoms. The molecule has 0 nitrogen and oxygen atoms in total. The second-order valence-corrected chi connectivity index (χ2v) is 13.2. The van der Waals surface area contributed by atoms with Crippen LogP contribution in [0.2, 0.25) is 0 Å². The van der Waals surface area contributed by atoms with Crippen molar-refractivity contribution in [2.45, 2.75) is 196 Å². The first kappa shape index (κ1) is 80.4. The molecule has 0 spiro atoms. The first-order valence-electron chi connectivity index (χ1n) is 22.9. The van der Waals surface area contributed by atoms with Crippen LogP contribution in [0, 0.1) is 40.5 Å². The molecule has 60 heavy (non-hydrogen) atoms. The minimum atomic E-state index is 0. The van der Waals surface area contributed by atoms with Gasteiger partial charge in [0, 0.05) is 98.1 Å². The van der Waals surface area contributed by atoms with E-state index in [0.29, 0.717) is 0 Å². The molecule has 0 amide bonds. The first-order valence-corrected chi connectivity index (χ1v) is 22.9. The normalized spacial score (nSPS) is 10.5. The number of rotatable bonds is 30. The average Bonchev–Trinajstić information content (AvgIpc) is 3.23. The average molecular weight is 1050 g/mol. The summed E-state index contributed by atoms with van der Waals surface area (Å²) in [4.78, 5) is 0. The van der Waals surface area contributed by atoms with Gasteiger partial charge in [-0.3, -0.25) is 19.7 Å². The molecule has 339 valence electrons. The second kappa shape index (κ2) is 98.1. The van der Waals surface area contributed by atoms with Gasteiger partial charge in [-0.25, -0.2) is 55.5 Å². The first-order chi connectivity index (χ1) is 28.0. The molecule has 3 radical (unpaired) electrons. The number of allylic oxidation sites excluding steroid dienone is 21. The quantitative estimate of drug-likeness (QED) is 0.0291. The van der Waals surface area contributed by atoms with Gasteiger partial charge in [0.25, 0.3) is 0 Å². The Bertz CT molecular complexity index is 952. The van der Waals surface area contributed by atoms with Crippen LogP contribution in [0.25, 0.3) is 0 Å². The van der Waals surface area contributed by atoms with E-state index in [0.717, 1.165) is 44.9 Å². The van der Waals surface area contributed by atoms with E-state index < -0.39 is 0 Å². The number of unbranched alkanes of at least 4 members (excludes halogenated alkanes) is 13. The largest absolute Gasteiger partial charge is 0.343 e. The molecule has 0 heterocycles. The third kappa shape index (κ3) is 124. The third-order valence-electron chi connectivity index (χ3n) is 7.46. The molecule has 0 atom stereocenters. The van der Waals surface area contributed by atoms with E-state index in [9.17, 15) is 0 Å². The summed E-state index contributed by atoms with van der Waals surface area (Å²) in [6.45, 7) is 39.6. The summed E-state index contributed by atoms with van der Waals surface area (Å²) in [5, 5.41) is 0. The Labute approximate surface area is 456 Å². The summed E-state index contributed by atoms with van der Waals surface area (Å²) in [6.07, 6.45) is 71.4. The Hall–Kier alpha value is 0.0617. The fraction of sp³-hybridized carbons (Fsp3) is 0.526. The molecule has 0 aliphatic heterocycles. The molecule has 0 fully saturated rings. The van der Waals surface area contributed by atoms with E-state index in [1.807, 2.05) is 42.5 Å². The van der Waals surface area contributed by atoms with Gasteiger partial charge in [0.15, 0.2) is 0 Å². The molecule has 0 bridgehead atoms. The van der Waals surface area contributed by atoms with Crippen LogP contribution < -0.4 is 0 Å². The van der Waals surface area contributed by atoms with Crippen LogP contribution in [-0.4, -0.2) is 0 Å². The molecule has 0 aliphatic rings. The van der Waals surface area contributed by atoms with E-state index in [-0.39, 0.29) is 98.1 Å². The standard InChI is InChI=1S/C15H23.C14H21.C11H17.C8H15.C5H11.C4H9.3Y/c1-3-5-7-9-11-13-15-14-12-10-8-6-4-2;1-3-5-7-9-11-13-14-12-10-8-6-4-2;1-3-5-7-9-11-10-8-6-4-2;1-3-5-7-8-6-4-2;1-3-5-4-2;1-3-4-2;;;/h1,3,5,7,11-14H,4,6,8-10,15H2,2H3;1,3,5,7,10-13H,4,6,8-9,14H2,2H3;1,3,5,7,10-11H,4,6,8-9H2,2H3;3,5H,1,4,6-8H2,2H3;1,3-5H2,2H3;1,3-4H2,2H3;;;/q6*-1;;;/b7-5-,13-11-,14-12-;7-5-,12-10-,13-11-;7-5-,11-10-;5-3-;;;;;. The fourth-order valence-electron chi connectivity index (χ4n) is 3.93. The Balaban J connectivity index is -0.0000000771. The van der Waals surface area contributed by atoms with Gasteiger partial charge in [0.2, 0.25) is 0 Å². The number of hydrogen-bond donors (Lipinski definition) is 0. The summed E-state index contributed by atoms with van der Waals surface area (Å²) in [7, 11) is 0. The summed E-state index contributed by atoms with van der Waals surface area (Å²) < 4.78 is 0. The summed E-state index contributed by atoms with van der Waals surface area (Å²) in [5.41, 5.74) is 0. The summed E-state index contributed by atoms with van der Waals surface area (Å²) in [5.74, 6) is 0.